The molecule has 10 heteroatoms. The van der Waals surface area contributed by atoms with Gasteiger partial charge in [-0.2, -0.15) is 9.78 Å². The molecule has 0 fully saturated rings. The topological polar surface area (TPSA) is 82.8 Å². The lowest BCUT2D eigenvalue weighted by atomic mass is 10.2. The molecule has 0 amide bonds. The zero-order valence-electron chi connectivity index (χ0n) is 18.3. The molecule has 1 heterocycles. The molecule has 3 rings (SSSR count). The summed E-state index contributed by atoms with van der Waals surface area (Å²) in [5.41, 5.74) is 1.01. The van der Waals surface area contributed by atoms with Crippen molar-refractivity contribution in [2.45, 2.75) is 39.2 Å². The number of hydrogen-bond acceptors (Lipinski definition) is 6. The number of aryl methyl sites for hydroxylation is 1. The van der Waals surface area contributed by atoms with Gasteiger partial charge in [-0.3, -0.25) is 4.79 Å². The molecule has 3 aromatic rings. The number of carbonyl (C=O) groups excluding carboxylic acids is 1. The highest BCUT2D eigenvalue weighted by atomic mass is 79.9. The van der Waals surface area contributed by atoms with Crippen LogP contribution >= 0.6 is 43.5 Å². The van der Waals surface area contributed by atoms with Gasteiger partial charge in [0.05, 0.1) is 33.7 Å². The second-order valence-electron chi connectivity index (χ2n) is 7.25. The summed E-state index contributed by atoms with van der Waals surface area (Å²) in [6.45, 7) is 3.65. The minimum absolute atomic E-state index is 0.249. The first-order valence-corrected chi connectivity index (χ1v) is 12.2. The average molecular weight is 600 g/mol. The van der Waals surface area contributed by atoms with E-state index < -0.39 is 12.1 Å². The van der Waals surface area contributed by atoms with Crippen molar-refractivity contribution in [1.29, 1.82) is 0 Å². The summed E-state index contributed by atoms with van der Waals surface area (Å²) in [6, 6.07) is 8.78. The molecule has 1 aromatic heterocycles. The molecular formula is C23H22Br2ClN3O4. The Morgan fingerprint density at radius 2 is 2.06 bits per heavy atom. The Labute approximate surface area is 213 Å². The number of ether oxygens (including phenoxy) is 2. The number of rotatable bonds is 8. The Kier molecular flexibility index (Phi) is 8.67. The van der Waals surface area contributed by atoms with E-state index in [1.807, 2.05) is 12.1 Å². The van der Waals surface area contributed by atoms with E-state index in [4.69, 9.17) is 16.3 Å². The molecule has 0 aliphatic carbocycles. The van der Waals surface area contributed by atoms with Gasteiger partial charge in [0, 0.05) is 10.9 Å². The van der Waals surface area contributed by atoms with Gasteiger partial charge in [-0.15, -0.1) is 0 Å². The summed E-state index contributed by atoms with van der Waals surface area (Å²) in [7, 11) is 1.29. The minimum atomic E-state index is -0.828. The molecule has 0 radical (unpaired) electrons. The molecule has 7 nitrogen and oxygen atoms in total. The first-order valence-electron chi connectivity index (χ1n) is 10.2. The monoisotopic (exact) mass is 597 g/mol. The van der Waals surface area contributed by atoms with Gasteiger partial charge in [-0.05, 0) is 65.2 Å². The molecule has 0 unspecified atom stereocenters. The van der Waals surface area contributed by atoms with Crippen LogP contribution < -0.4 is 10.3 Å². The predicted octanol–water partition coefficient (Wildman–Crippen LogP) is 5.74. The Balaban J connectivity index is 2.00. The van der Waals surface area contributed by atoms with E-state index in [1.165, 1.54) is 18.0 Å². The van der Waals surface area contributed by atoms with E-state index in [9.17, 15) is 9.59 Å². The maximum atomic E-state index is 13.2. The lowest BCUT2D eigenvalue weighted by molar-refractivity contribution is -0.147. The van der Waals surface area contributed by atoms with Crippen molar-refractivity contribution in [2.24, 2.45) is 5.10 Å². The molecule has 0 saturated carbocycles. The molecule has 0 aliphatic heterocycles. The van der Waals surface area contributed by atoms with E-state index in [-0.39, 0.29) is 10.6 Å². The molecule has 0 saturated heterocycles. The summed E-state index contributed by atoms with van der Waals surface area (Å²) in [5.74, 6) is 0.382. The maximum Gasteiger partial charge on any atom is 0.346 e. The number of unbranched alkanes of at least 4 members (excludes halogenated alkanes) is 1. The highest BCUT2D eigenvalue weighted by Gasteiger charge is 2.19. The third kappa shape index (κ3) is 6.02. The number of halogens is 3. The van der Waals surface area contributed by atoms with Crippen LogP contribution in [0.1, 0.15) is 38.1 Å². The largest absolute Gasteiger partial charge is 0.476 e. The van der Waals surface area contributed by atoms with E-state index in [1.54, 1.807) is 25.1 Å². The van der Waals surface area contributed by atoms with Gasteiger partial charge < -0.3 is 9.47 Å². The van der Waals surface area contributed by atoms with Crippen LogP contribution in [-0.4, -0.2) is 35.1 Å². The van der Waals surface area contributed by atoms with Gasteiger partial charge in [0.15, 0.2) is 11.9 Å². The molecule has 0 N–H and O–H groups in total. The summed E-state index contributed by atoms with van der Waals surface area (Å²) in [4.78, 5) is 29.5. The van der Waals surface area contributed by atoms with E-state index >= 15 is 0 Å². The van der Waals surface area contributed by atoms with Gasteiger partial charge in [0.2, 0.25) is 0 Å². The molecule has 0 spiro atoms. The van der Waals surface area contributed by atoms with Crippen molar-refractivity contribution in [3.8, 4) is 5.75 Å². The fraction of sp³-hybridized carbons (Fsp3) is 0.304. The van der Waals surface area contributed by atoms with Crippen molar-refractivity contribution < 1.29 is 14.3 Å². The summed E-state index contributed by atoms with van der Waals surface area (Å²) in [6.07, 6.45) is 3.17. The molecule has 0 aliphatic rings. The van der Waals surface area contributed by atoms with Gasteiger partial charge in [-0.25, -0.2) is 9.78 Å². The van der Waals surface area contributed by atoms with E-state index in [0.29, 0.717) is 38.9 Å². The van der Waals surface area contributed by atoms with Crippen LogP contribution in [0.15, 0.2) is 49.2 Å². The van der Waals surface area contributed by atoms with Crippen LogP contribution in [-0.2, 0) is 16.0 Å². The molecule has 0 bridgehead atoms. The van der Waals surface area contributed by atoms with Gasteiger partial charge in [0.25, 0.3) is 5.56 Å². The highest BCUT2D eigenvalue weighted by Crippen LogP contribution is 2.35. The normalized spacial score (nSPS) is 12.3. The molecule has 2 aromatic carbocycles. The number of benzene rings is 2. The second-order valence-corrected chi connectivity index (χ2v) is 9.43. The number of aromatic nitrogens is 2. The SMILES string of the molecule is CCCCc1nc2ccc(Br)cc2c(=O)n1N=Cc1cc(Cl)c(O[C@@H](C)C(=O)OC)c(Br)c1. The summed E-state index contributed by atoms with van der Waals surface area (Å²) in [5, 5.41) is 5.18. The second kappa shape index (κ2) is 11.3. The third-order valence-corrected chi connectivity index (χ3v) is 6.16. The van der Waals surface area contributed by atoms with Crippen LogP contribution in [0.5, 0.6) is 5.75 Å². The maximum absolute atomic E-state index is 13.2. The Morgan fingerprint density at radius 1 is 1.30 bits per heavy atom. The smallest absolute Gasteiger partial charge is 0.346 e. The van der Waals surface area contributed by atoms with E-state index in [0.717, 1.165) is 17.3 Å². The molecular weight excluding hydrogens is 578 g/mol. The zero-order valence-corrected chi connectivity index (χ0v) is 22.2. The quantitative estimate of drug-likeness (QED) is 0.244. The van der Waals surface area contributed by atoms with Crippen molar-refractivity contribution in [3.63, 3.8) is 0 Å². The standard InChI is InChI=1S/C23H22Br2ClN3O4/c1-4-5-6-20-28-19-8-7-15(24)11-16(19)22(30)29(20)27-12-14-9-17(25)21(18(26)10-14)33-13(2)23(31)32-3/h7-13H,4-6H2,1-3H3/t13-/m0/s1. The van der Waals surface area contributed by atoms with Crippen LogP contribution in [0.4, 0.5) is 0 Å². The first-order chi connectivity index (χ1) is 15.7. The van der Waals surface area contributed by atoms with E-state index in [2.05, 4.69) is 53.6 Å². The van der Waals surface area contributed by atoms with Gasteiger partial charge in [-0.1, -0.05) is 40.9 Å². The fourth-order valence-corrected chi connectivity index (χ4v) is 4.41. The third-order valence-electron chi connectivity index (χ3n) is 4.80. The van der Waals surface area contributed by atoms with Crippen LogP contribution in [0.2, 0.25) is 5.02 Å². The lowest BCUT2D eigenvalue weighted by Crippen LogP contribution is -2.25. The van der Waals surface area contributed by atoms with Crippen molar-refractivity contribution >= 4 is 66.5 Å². The molecule has 1 atom stereocenters. The summed E-state index contributed by atoms with van der Waals surface area (Å²) < 4.78 is 13.0. The Hall–Kier alpha value is -2.23. The highest BCUT2D eigenvalue weighted by molar-refractivity contribution is 9.10. The van der Waals surface area contributed by atoms with Gasteiger partial charge >= 0.3 is 5.97 Å². The van der Waals surface area contributed by atoms with Crippen molar-refractivity contribution in [1.82, 2.24) is 9.66 Å². The van der Waals surface area contributed by atoms with Crippen molar-refractivity contribution in [3.05, 3.63) is 66.0 Å². The number of fused-ring (bicyclic) bond motifs is 1. The summed E-state index contributed by atoms with van der Waals surface area (Å²) >= 11 is 13.2. The lowest BCUT2D eigenvalue weighted by Gasteiger charge is -2.15. The predicted molar refractivity (Wildman–Crippen MR) is 137 cm³/mol. The average Bonchev–Trinajstić information content (AvgIpc) is 2.79. The fourth-order valence-electron chi connectivity index (χ4n) is 3.09. The number of nitrogens with zero attached hydrogens (tertiary/aromatic N) is 3. The number of methoxy groups -OCH3 is 1. The minimum Gasteiger partial charge on any atom is -0.476 e. The van der Waals surface area contributed by atoms with Crippen LogP contribution in [0.3, 0.4) is 0 Å². The van der Waals surface area contributed by atoms with Crippen molar-refractivity contribution in [2.75, 3.05) is 7.11 Å². The van der Waals surface area contributed by atoms with Crippen LogP contribution in [0, 0.1) is 0 Å². The molecule has 174 valence electrons. The number of esters is 1. The number of carbonyl (C=O) groups is 1. The first kappa shape index (κ1) is 25.4. The zero-order chi connectivity index (χ0) is 24.1. The van der Waals surface area contributed by atoms with Gasteiger partial charge in [0.1, 0.15) is 5.82 Å². The number of hydrogen-bond donors (Lipinski definition) is 0. The Bertz CT molecular complexity index is 1250. The molecule has 33 heavy (non-hydrogen) atoms. The van der Waals surface area contributed by atoms with Crippen LogP contribution in [0.25, 0.3) is 10.9 Å². The Morgan fingerprint density at radius 3 is 2.73 bits per heavy atom.